The number of carbonyl (C=O) groups is 4. The van der Waals surface area contributed by atoms with E-state index < -0.39 is 29.7 Å². The van der Waals surface area contributed by atoms with Crippen LogP contribution in [-0.4, -0.2) is 53.2 Å². The molecule has 0 aliphatic heterocycles. The van der Waals surface area contributed by atoms with E-state index in [1.165, 1.54) is 0 Å². The molecule has 1 fully saturated rings. The normalized spacial score (nSPS) is 21.5. The molecule has 0 radical (unpaired) electrons. The van der Waals surface area contributed by atoms with Gasteiger partial charge >= 0.3 is 12.1 Å². The maximum atomic E-state index is 12.8. The number of amides is 3. The van der Waals surface area contributed by atoms with E-state index in [1.54, 1.807) is 34.6 Å². The zero-order chi connectivity index (χ0) is 25.3. The molecular weight excluding hydrogens is 426 g/mol. The number of carbonyl (C=O) groups excluding carboxylic acids is 3. The van der Waals surface area contributed by atoms with Gasteiger partial charge in [-0.15, -0.1) is 0 Å². The van der Waals surface area contributed by atoms with Gasteiger partial charge in [0.05, 0.1) is 0 Å². The topological polar surface area (TPSA) is 134 Å². The molecule has 1 saturated carbocycles. The molecule has 3 amide bonds. The molecule has 0 saturated heterocycles. The van der Waals surface area contributed by atoms with E-state index in [-0.39, 0.29) is 35.5 Å². The van der Waals surface area contributed by atoms with Crippen LogP contribution in [0.5, 0.6) is 0 Å². The summed E-state index contributed by atoms with van der Waals surface area (Å²) < 4.78 is 5.29. The van der Waals surface area contributed by atoms with Crippen LogP contribution >= 0.6 is 0 Å². The molecule has 9 heteroatoms. The van der Waals surface area contributed by atoms with Gasteiger partial charge in [-0.25, -0.2) is 9.59 Å². The van der Waals surface area contributed by atoms with Crippen LogP contribution in [0.25, 0.3) is 0 Å². The summed E-state index contributed by atoms with van der Waals surface area (Å²) in [5.74, 6) is -1.69. The fourth-order valence-electron chi connectivity index (χ4n) is 3.90. The molecule has 4 N–H and O–H groups in total. The van der Waals surface area contributed by atoms with Gasteiger partial charge in [-0.1, -0.05) is 34.1 Å². The van der Waals surface area contributed by atoms with Crippen molar-refractivity contribution in [3.63, 3.8) is 0 Å². The van der Waals surface area contributed by atoms with Crippen LogP contribution in [-0.2, 0) is 19.1 Å². The van der Waals surface area contributed by atoms with Gasteiger partial charge in [-0.05, 0) is 64.2 Å². The van der Waals surface area contributed by atoms with E-state index in [1.807, 2.05) is 13.8 Å². The molecule has 1 rings (SSSR count). The number of aliphatic carboxylic acids is 1. The molecule has 1 unspecified atom stereocenters. The number of nitrogens with one attached hydrogen (secondary N) is 3. The molecule has 33 heavy (non-hydrogen) atoms. The quantitative estimate of drug-likeness (QED) is 0.388. The fraction of sp³-hybridized carbons (Fsp3) is 0.833. The van der Waals surface area contributed by atoms with Crippen molar-refractivity contribution >= 4 is 23.9 Å². The zero-order valence-electron chi connectivity index (χ0n) is 21.2. The van der Waals surface area contributed by atoms with Gasteiger partial charge in [0.1, 0.15) is 17.7 Å². The second-order valence-corrected chi connectivity index (χ2v) is 10.5. The molecule has 9 nitrogen and oxygen atoms in total. The van der Waals surface area contributed by atoms with Crippen LogP contribution in [0.4, 0.5) is 4.79 Å². The zero-order valence-corrected chi connectivity index (χ0v) is 21.2. The van der Waals surface area contributed by atoms with E-state index >= 15 is 0 Å². The van der Waals surface area contributed by atoms with Crippen LogP contribution in [0.2, 0.25) is 0 Å². The summed E-state index contributed by atoms with van der Waals surface area (Å²) in [7, 11) is 0. The molecule has 190 valence electrons. The Kier molecular flexibility index (Phi) is 11.1. The van der Waals surface area contributed by atoms with Crippen molar-refractivity contribution in [1.82, 2.24) is 16.0 Å². The molecule has 0 heterocycles. The first kappa shape index (κ1) is 28.7. The second-order valence-electron chi connectivity index (χ2n) is 10.5. The van der Waals surface area contributed by atoms with Gasteiger partial charge in [0.15, 0.2) is 0 Å². The summed E-state index contributed by atoms with van der Waals surface area (Å²) in [4.78, 5) is 48.8. The summed E-state index contributed by atoms with van der Waals surface area (Å²) >= 11 is 0. The fourth-order valence-corrected chi connectivity index (χ4v) is 3.90. The first-order valence-corrected chi connectivity index (χ1v) is 12.1. The molecule has 1 aliphatic rings. The van der Waals surface area contributed by atoms with Crippen LogP contribution in [0, 0.1) is 23.7 Å². The van der Waals surface area contributed by atoms with E-state index in [0.29, 0.717) is 19.4 Å². The number of hydrogen-bond acceptors (Lipinski definition) is 5. The molecule has 0 bridgehead atoms. The van der Waals surface area contributed by atoms with Crippen molar-refractivity contribution in [3.05, 3.63) is 0 Å². The monoisotopic (exact) mass is 469 g/mol. The van der Waals surface area contributed by atoms with Crippen molar-refractivity contribution in [2.45, 2.75) is 98.3 Å². The highest BCUT2D eigenvalue weighted by atomic mass is 16.6. The minimum atomic E-state index is -1.02. The molecule has 0 aromatic heterocycles. The average Bonchev–Trinajstić information content (AvgIpc) is 2.72. The number of carboxylic acids is 1. The van der Waals surface area contributed by atoms with Crippen molar-refractivity contribution in [1.29, 1.82) is 0 Å². The van der Waals surface area contributed by atoms with Crippen molar-refractivity contribution in [2.75, 3.05) is 6.54 Å². The number of rotatable bonds is 10. The lowest BCUT2D eigenvalue weighted by molar-refractivity contribution is -0.144. The third kappa shape index (κ3) is 10.0. The first-order chi connectivity index (χ1) is 15.2. The lowest BCUT2D eigenvalue weighted by Crippen LogP contribution is -2.52. The Hall–Kier alpha value is -2.32. The number of hydrogen-bond donors (Lipinski definition) is 4. The summed E-state index contributed by atoms with van der Waals surface area (Å²) in [5, 5.41) is 17.6. The predicted molar refractivity (Wildman–Crippen MR) is 125 cm³/mol. The van der Waals surface area contributed by atoms with E-state index in [4.69, 9.17) is 4.74 Å². The maximum absolute atomic E-state index is 12.8. The Morgan fingerprint density at radius 1 is 0.970 bits per heavy atom. The summed E-state index contributed by atoms with van der Waals surface area (Å²) in [6.45, 7) is 13.2. The van der Waals surface area contributed by atoms with E-state index in [2.05, 4.69) is 16.0 Å². The van der Waals surface area contributed by atoms with Crippen LogP contribution in [0.3, 0.4) is 0 Å². The Balaban J connectivity index is 2.55. The third-order valence-electron chi connectivity index (χ3n) is 6.18. The molecule has 0 spiro atoms. The van der Waals surface area contributed by atoms with Gasteiger partial charge in [0.2, 0.25) is 11.8 Å². The number of carboxylic acid groups (broad SMARTS) is 1. The molecule has 0 aromatic rings. The van der Waals surface area contributed by atoms with Gasteiger partial charge in [0.25, 0.3) is 0 Å². The van der Waals surface area contributed by atoms with Crippen LogP contribution < -0.4 is 16.0 Å². The van der Waals surface area contributed by atoms with Crippen LogP contribution in [0.15, 0.2) is 0 Å². The standard InChI is InChI=1S/C24H43N3O6/c1-8-15(4)19(27-23(32)33-24(5,6)7)21(29)25-13-16-9-11-17(12-10-16)20(28)26-18(14(2)3)22(30)31/h14-19H,8-13H2,1-7H3,(H,25,29)(H,26,28)(H,27,32)(H,30,31)/t15?,16?,17?,18-,19-/m0/s1. The van der Waals surface area contributed by atoms with Crippen molar-refractivity contribution in [3.8, 4) is 0 Å². The minimum Gasteiger partial charge on any atom is -0.480 e. The molecule has 0 aromatic carbocycles. The van der Waals surface area contributed by atoms with Crippen molar-refractivity contribution in [2.24, 2.45) is 23.7 Å². The van der Waals surface area contributed by atoms with Crippen LogP contribution in [0.1, 0.15) is 80.6 Å². The van der Waals surface area contributed by atoms with Gasteiger partial charge in [-0.3, -0.25) is 9.59 Å². The van der Waals surface area contributed by atoms with Gasteiger partial charge < -0.3 is 25.8 Å². The summed E-state index contributed by atoms with van der Waals surface area (Å²) in [5.41, 5.74) is -0.648. The van der Waals surface area contributed by atoms with Gasteiger partial charge in [-0.2, -0.15) is 0 Å². The largest absolute Gasteiger partial charge is 0.480 e. The van der Waals surface area contributed by atoms with E-state index in [0.717, 1.165) is 19.3 Å². The Bertz CT molecular complexity index is 680. The average molecular weight is 470 g/mol. The highest BCUT2D eigenvalue weighted by molar-refractivity contribution is 5.86. The summed E-state index contributed by atoms with van der Waals surface area (Å²) in [6, 6.07) is -1.57. The molecular formula is C24H43N3O6. The second kappa shape index (κ2) is 12.8. The Morgan fingerprint density at radius 3 is 2.00 bits per heavy atom. The predicted octanol–water partition coefficient (Wildman–Crippen LogP) is 3.07. The lowest BCUT2D eigenvalue weighted by atomic mass is 9.81. The molecule has 3 atom stereocenters. The Morgan fingerprint density at radius 2 is 1.55 bits per heavy atom. The minimum absolute atomic E-state index is 0.0555. The SMILES string of the molecule is CCC(C)[C@H](NC(=O)OC(C)(C)C)C(=O)NCC1CCC(C(=O)N[C@H](C(=O)O)C(C)C)CC1. The Labute approximate surface area is 197 Å². The van der Waals surface area contributed by atoms with Gasteiger partial charge in [0, 0.05) is 12.5 Å². The number of alkyl carbamates (subject to hydrolysis) is 1. The highest BCUT2D eigenvalue weighted by Crippen LogP contribution is 2.29. The highest BCUT2D eigenvalue weighted by Gasteiger charge is 2.32. The van der Waals surface area contributed by atoms with E-state index in [9.17, 15) is 24.3 Å². The third-order valence-corrected chi connectivity index (χ3v) is 6.18. The first-order valence-electron chi connectivity index (χ1n) is 12.1. The smallest absolute Gasteiger partial charge is 0.408 e. The lowest BCUT2D eigenvalue weighted by Gasteiger charge is -2.30. The summed E-state index contributed by atoms with van der Waals surface area (Å²) in [6.07, 6.45) is 2.96. The molecule has 1 aliphatic carbocycles. The number of ether oxygens (including phenoxy) is 1. The van der Waals surface area contributed by atoms with Crippen molar-refractivity contribution < 1.29 is 29.0 Å². The maximum Gasteiger partial charge on any atom is 0.408 e.